The first-order valence-corrected chi connectivity index (χ1v) is 5.84. The van der Waals surface area contributed by atoms with E-state index in [9.17, 15) is 4.79 Å². The quantitative estimate of drug-likeness (QED) is 0.678. The Bertz CT molecular complexity index is 341. The molecule has 0 heterocycles. The predicted octanol–water partition coefficient (Wildman–Crippen LogP) is 2.51. The van der Waals surface area contributed by atoms with Gasteiger partial charge in [-0.15, -0.1) is 11.6 Å². The number of halogens is 2. The van der Waals surface area contributed by atoms with E-state index in [1.807, 2.05) is 18.2 Å². The molecule has 2 nitrogen and oxygen atoms in total. The zero-order chi connectivity index (χ0) is 10.6. The van der Waals surface area contributed by atoms with Crippen LogP contribution in [0.3, 0.4) is 0 Å². The number of Topliss-reactive ketones (excluding diaryl/α,β-unsaturated/α-hetero) is 1. The lowest BCUT2D eigenvalue weighted by molar-refractivity contribution is -0.116. The lowest BCUT2D eigenvalue weighted by Crippen LogP contribution is -2.04. The molecule has 14 heavy (non-hydrogen) atoms. The standard InChI is InChI=1S/C10H11BrClNO/c11-5-8-2-1-7(4-10(8)13)3-9(14)6-12/h1-2,4H,3,5-6,13H2. The Morgan fingerprint density at radius 1 is 1.50 bits per heavy atom. The Morgan fingerprint density at radius 2 is 2.21 bits per heavy atom. The van der Waals surface area contributed by atoms with Crippen LogP contribution in [0.5, 0.6) is 0 Å². The van der Waals surface area contributed by atoms with Crippen molar-refractivity contribution in [3.8, 4) is 0 Å². The second-order valence-electron chi connectivity index (χ2n) is 3.02. The van der Waals surface area contributed by atoms with Gasteiger partial charge in [0.2, 0.25) is 0 Å². The number of ketones is 1. The average Bonchev–Trinajstić information content (AvgIpc) is 2.18. The summed E-state index contributed by atoms with van der Waals surface area (Å²) in [6.45, 7) is 0. The van der Waals surface area contributed by atoms with Gasteiger partial charge in [-0.05, 0) is 17.2 Å². The molecule has 0 aliphatic rings. The minimum Gasteiger partial charge on any atom is -0.398 e. The fraction of sp³-hybridized carbons (Fsp3) is 0.300. The van der Waals surface area contributed by atoms with Gasteiger partial charge in [0.25, 0.3) is 0 Å². The van der Waals surface area contributed by atoms with E-state index in [-0.39, 0.29) is 11.7 Å². The van der Waals surface area contributed by atoms with Crippen molar-refractivity contribution in [2.45, 2.75) is 11.8 Å². The second-order valence-corrected chi connectivity index (χ2v) is 3.84. The molecule has 0 amide bonds. The molecular formula is C10H11BrClNO. The highest BCUT2D eigenvalue weighted by Crippen LogP contribution is 2.17. The van der Waals surface area contributed by atoms with Gasteiger partial charge < -0.3 is 5.73 Å². The first kappa shape index (κ1) is 11.5. The highest BCUT2D eigenvalue weighted by atomic mass is 79.9. The predicted molar refractivity (Wildman–Crippen MR) is 62.9 cm³/mol. The summed E-state index contributed by atoms with van der Waals surface area (Å²) < 4.78 is 0. The van der Waals surface area contributed by atoms with Crippen LogP contribution in [-0.2, 0) is 16.5 Å². The van der Waals surface area contributed by atoms with Gasteiger partial charge in [-0.2, -0.15) is 0 Å². The summed E-state index contributed by atoms with van der Waals surface area (Å²) in [6, 6.07) is 5.64. The molecule has 0 spiro atoms. The van der Waals surface area contributed by atoms with Crippen molar-refractivity contribution >= 4 is 39.0 Å². The minimum atomic E-state index is 0.0117. The Hall–Kier alpha value is -0.540. The summed E-state index contributed by atoms with van der Waals surface area (Å²) in [6.07, 6.45) is 0.357. The number of anilines is 1. The number of alkyl halides is 2. The van der Waals surface area contributed by atoms with Crippen molar-refractivity contribution in [3.63, 3.8) is 0 Å². The van der Waals surface area contributed by atoms with Gasteiger partial charge in [0.15, 0.2) is 5.78 Å². The maximum atomic E-state index is 11.1. The van der Waals surface area contributed by atoms with Crippen molar-refractivity contribution in [3.05, 3.63) is 29.3 Å². The Kier molecular flexibility index (Phi) is 4.42. The Labute approximate surface area is 96.6 Å². The molecule has 76 valence electrons. The fourth-order valence-corrected chi connectivity index (χ4v) is 1.76. The molecule has 0 aliphatic carbocycles. The lowest BCUT2D eigenvalue weighted by Gasteiger charge is -2.04. The molecule has 0 saturated heterocycles. The molecule has 0 aliphatic heterocycles. The second kappa shape index (κ2) is 5.37. The highest BCUT2D eigenvalue weighted by Gasteiger charge is 2.04. The molecule has 0 bridgehead atoms. The molecule has 1 aromatic rings. The number of nitrogens with two attached hydrogens (primary N) is 1. The van der Waals surface area contributed by atoms with Crippen LogP contribution >= 0.6 is 27.5 Å². The van der Waals surface area contributed by atoms with Crippen LogP contribution in [0.15, 0.2) is 18.2 Å². The van der Waals surface area contributed by atoms with Crippen molar-refractivity contribution in [1.82, 2.24) is 0 Å². The lowest BCUT2D eigenvalue weighted by atomic mass is 10.1. The van der Waals surface area contributed by atoms with Crippen LogP contribution in [-0.4, -0.2) is 11.7 Å². The molecule has 0 atom stereocenters. The molecule has 0 saturated carbocycles. The van der Waals surface area contributed by atoms with Crippen LogP contribution in [0.25, 0.3) is 0 Å². The molecule has 2 N–H and O–H groups in total. The third-order valence-corrected chi connectivity index (χ3v) is 2.81. The first-order chi connectivity index (χ1) is 6.67. The van der Waals surface area contributed by atoms with E-state index in [4.69, 9.17) is 17.3 Å². The number of hydrogen-bond donors (Lipinski definition) is 1. The minimum absolute atomic E-state index is 0.0117. The van der Waals surface area contributed by atoms with E-state index >= 15 is 0 Å². The Morgan fingerprint density at radius 3 is 2.71 bits per heavy atom. The van der Waals surface area contributed by atoms with Gasteiger partial charge >= 0.3 is 0 Å². The third-order valence-electron chi connectivity index (χ3n) is 1.90. The smallest absolute Gasteiger partial charge is 0.151 e. The van der Waals surface area contributed by atoms with Gasteiger partial charge in [-0.25, -0.2) is 0 Å². The van der Waals surface area contributed by atoms with Crippen LogP contribution in [0.2, 0.25) is 0 Å². The molecular weight excluding hydrogens is 265 g/mol. The number of nitrogen functional groups attached to an aromatic ring is 1. The maximum absolute atomic E-state index is 11.1. The van der Waals surface area contributed by atoms with E-state index in [0.717, 1.165) is 16.5 Å². The fourth-order valence-electron chi connectivity index (χ4n) is 1.15. The van der Waals surface area contributed by atoms with Gasteiger partial charge in [0, 0.05) is 17.4 Å². The molecule has 1 rings (SSSR count). The zero-order valence-electron chi connectivity index (χ0n) is 7.59. The van der Waals surface area contributed by atoms with Gasteiger partial charge in [0.05, 0.1) is 5.88 Å². The van der Waals surface area contributed by atoms with E-state index in [1.54, 1.807) is 0 Å². The van der Waals surface area contributed by atoms with Gasteiger partial charge in [0.1, 0.15) is 0 Å². The summed E-state index contributed by atoms with van der Waals surface area (Å²) in [5.74, 6) is 0.0674. The molecule has 4 heteroatoms. The summed E-state index contributed by atoms with van der Waals surface area (Å²) in [5, 5.41) is 0.725. The van der Waals surface area contributed by atoms with Crippen LogP contribution < -0.4 is 5.73 Å². The van der Waals surface area contributed by atoms with E-state index in [2.05, 4.69) is 15.9 Å². The SMILES string of the molecule is Nc1cc(CC(=O)CCl)ccc1CBr. The Balaban J connectivity index is 2.81. The topological polar surface area (TPSA) is 43.1 Å². The van der Waals surface area contributed by atoms with Crippen molar-refractivity contribution in [2.75, 3.05) is 11.6 Å². The largest absolute Gasteiger partial charge is 0.398 e. The highest BCUT2D eigenvalue weighted by molar-refractivity contribution is 9.08. The van der Waals surface area contributed by atoms with Crippen molar-refractivity contribution < 1.29 is 4.79 Å². The summed E-state index contributed by atoms with van der Waals surface area (Å²) >= 11 is 8.74. The maximum Gasteiger partial charge on any atom is 0.151 e. The summed E-state index contributed by atoms with van der Waals surface area (Å²) in [5.41, 5.74) is 8.43. The summed E-state index contributed by atoms with van der Waals surface area (Å²) in [4.78, 5) is 11.1. The van der Waals surface area contributed by atoms with Crippen LogP contribution in [0.4, 0.5) is 5.69 Å². The average molecular weight is 277 g/mol. The number of carbonyl (C=O) groups excluding carboxylic acids is 1. The third kappa shape index (κ3) is 3.00. The monoisotopic (exact) mass is 275 g/mol. The molecule has 1 aromatic carbocycles. The van der Waals surface area contributed by atoms with Crippen molar-refractivity contribution in [2.24, 2.45) is 0 Å². The van der Waals surface area contributed by atoms with Gasteiger partial charge in [-0.3, -0.25) is 4.79 Å². The number of carbonyl (C=O) groups is 1. The molecule has 0 radical (unpaired) electrons. The normalized spacial score (nSPS) is 10.1. The van der Waals surface area contributed by atoms with Crippen LogP contribution in [0, 0.1) is 0 Å². The van der Waals surface area contributed by atoms with Gasteiger partial charge in [-0.1, -0.05) is 28.1 Å². The number of rotatable bonds is 4. The molecule has 0 fully saturated rings. The van der Waals surface area contributed by atoms with Crippen LogP contribution in [0.1, 0.15) is 11.1 Å². The number of benzene rings is 1. The molecule has 0 unspecified atom stereocenters. The van der Waals surface area contributed by atoms with Crippen molar-refractivity contribution in [1.29, 1.82) is 0 Å². The van der Waals surface area contributed by atoms with E-state index < -0.39 is 0 Å². The zero-order valence-corrected chi connectivity index (χ0v) is 9.94. The molecule has 0 aromatic heterocycles. The number of hydrogen-bond acceptors (Lipinski definition) is 2. The van der Waals surface area contributed by atoms with E-state index in [0.29, 0.717) is 12.1 Å². The summed E-state index contributed by atoms with van der Waals surface area (Å²) in [7, 11) is 0. The van der Waals surface area contributed by atoms with E-state index in [1.165, 1.54) is 0 Å². The first-order valence-electron chi connectivity index (χ1n) is 4.18.